The van der Waals surface area contributed by atoms with E-state index in [2.05, 4.69) is 10.6 Å². The van der Waals surface area contributed by atoms with Crippen LogP contribution in [-0.4, -0.2) is 29.1 Å². The topological polar surface area (TPSA) is 122 Å². The third-order valence-corrected chi connectivity index (χ3v) is 2.58. The monoisotopic (exact) mass is 297 g/mol. The molecule has 0 saturated carbocycles. The Bertz CT molecular complexity index is 542. The average Bonchev–Trinajstić information content (AvgIpc) is 2.32. The molecule has 0 aromatic heterocycles. The Morgan fingerprint density at radius 3 is 2.52 bits per heavy atom. The second-order valence-corrected chi connectivity index (χ2v) is 4.51. The van der Waals surface area contributed by atoms with Crippen LogP contribution in [0.1, 0.15) is 18.4 Å². The number of carboxylic acid groups (broad SMARTS) is 1. The number of hydrogen-bond donors (Lipinski definition) is 4. The van der Waals surface area contributed by atoms with Gasteiger partial charge in [0.05, 0.1) is 0 Å². The first-order valence-electron chi connectivity index (χ1n) is 6.13. The lowest BCUT2D eigenvalue weighted by molar-refractivity contribution is -0.139. The number of benzene rings is 1. The molecule has 8 heteroatoms. The zero-order valence-corrected chi connectivity index (χ0v) is 11.4. The Hall–Kier alpha value is -2.64. The van der Waals surface area contributed by atoms with Crippen LogP contribution in [0.15, 0.2) is 18.2 Å². The standard InChI is InChI=1S/C13H16FN3O4/c1-7-4-8(14)6-9(5-7)16-13(21)17-10(12(19)20)2-3-11(15)18/h4-6,10H,2-3H2,1H3,(H2,15,18)(H,19,20)(H2,16,17,21)/t10-/m1/s1. The van der Waals surface area contributed by atoms with Crippen molar-refractivity contribution in [1.82, 2.24) is 5.32 Å². The Balaban J connectivity index is 2.65. The van der Waals surface area contributed by atoms with Crippen molar-refractivity contribution in [3.63, 3.8) is 0 Å². The molecular weight excluding hydrogens is 281 g/mol. The van der Waals surface area contributed by atoms with Crippen molar-refractivity contribution in [2.75, 3.05) is 5.32 Å². The summed E-state index contributed by atoms with van der Waals surface area (Å²) in [6.07, 6.45) is -0.295. The number of halogens is 1. The summed E-state index contributed by atoms with van der Waals surface area (Å²) < 4.78 is 13.2. The van der Waals surface area contributed by atoms with E-state index < -0.39 is 29.8 Å². The summed E-state index contributed by atoms with van der Waals surface area (Å²) in [4.78, 5) is 33.3. The van der Waals surface area contributed by atoms with Crippen molar-refractivity contribution in [3.05, 3.63) is 29.6 Å². The van der Waals surface area contributed by atoms with Gasteiger partial charge in [0.2, 0.25) is 5.91 Å². The molecule has 0 aliphatic carbocycles. The highest BCUT2D eigenvalue weighted by atomic mass is 19.1. The Morgan fingerprint density at radius 1 is 1.33 bits per heavy atom. The number of carbonyl (C=O) groups is 3. The summed E-state index contributed by atoms with van der Waals surface area (Å²) in [5.41, 5.74) is 5.73. The minimum absolute atomic E-state index is 0.125. The lowest BCUT2D eigenvalue weighted by atomic mass is 10.1. The van der Waals surface area contributed by atoms with Crippen LogP contribution in [0.4, 0.5) is 14.9 Å². The number of carbonyl (C=O) groups excluding carboxylic acids is 2. The second kappa shape index (κ2) is 7.22. The van der Waals surface area contributed by atoms with E-state index in [1.165, 1.54) is 12.1 Å². The highest BCUT2D eigenvalue weighted by Gasteiger charge is 2.20. The van der Waals surface area contributed by atoms with E-state index in [0.717, 1.165) is 6.07 Å². The van der Waals surface area contributed by atoms with Crippen LogP contribution in [0.5, 0.6) is 0 Å². The fourth-order valence-corrected chi connectivity index (χ4v) is 1.68. The first-order valence-corrected chi connectivity index (χ1v) is 6.13. The molecule has 3 amide bonds. The van der Waals surface area contributed by atoms with Crippen LogP contribution < -0.4 is 16.4 Å². The number of urea groups is 1. The molecule has 114 valence electrons. The van der Waals surface area contributed by atoms with Gasteiger partial charge in [0.15, 0.2) is 0 Å². The first kappa shape index (κ1) is 16.4. The summed E-state index contributed by atoms with van der Waals surface area (Å²) in [6, 6.07) is 1.85. The normalized spacial score (nSPS) is 11.5. The third-order valence-electron chi connectivity index (χ3n) is 2.58. The smallest absolute Gasteiger partial charge is 0.326 e. The predicted octanol–water partition coefficient (Wildman–Crippen LogP) is 0.974. The van der Waals surface area contributed by atoms with Crippen LogP contribution in [0.3, 0.4) is 0 Å². The van der Waals surface area contributed by atoms with Gasteiger partial charge in [-0.05, 0) is 37.1 Å². The van der Waals surface area contributed by atoms with Crippen LogP contribution in [0, 0.1) is 12.7 Å². The van der Waals surface area contributed by atoms with Gasteiger partial charge in [0, 0.05) is 12.1 Å². The summed E-state index contributed by atoms with van der Waals surface area (Å²) >= 11 is 0. The molecule has 0 radical (unpaired) electrons. The molecule has 1 rings (SSSR count). The molecule has 21 heavy (non-hydrogen) atoms. The van der Waals surface area contributed by atoms with Crippen molar-refractivity contribution in [3.8, 4) is 0 Å². The molecule has 1 atom stereocenters. The molecule has 0 unspecified atom stereocenters. The summed E-state index contributed by atoms with van der Waals surface area (Å²) in [7, 11) is 0. The maximum atomic E-state index is 13.2. The van der Waals surface area contributed by atoms with E-state index in [0.29, 0.717) is 5.56 Å². The number of rotatable bonds is 6. The number of nitrogens with one attached hydrogen (secondary N) is 2. The lowest BCUT2D eigenvalue weighted by Crippen LogP contribution is -2.43. The van der Waals surface area contributed by atoms with Gasteiger partial charge < -0.3 is 21.5 Å². The molecule has 1 aromatic carbocycles. The van der Waals surface area contributed by atoms with E-state index in [4.69, 9.17) is 10.8 Å². The predicted molar refractivity (Wildman–Crippen MR) is 73.1 cm³/mol. The minimum Gasteiger partial charge on any atom is -0.480 e. The minimum atomic E-state index is -1.29. The quantitative estimate of drug-likeness (QED) is 0.625. The van der Waals surface area contributed by atoms with Gasteiger partial charge in [0.25, 0.3) is 0 Å². The highest BCUT2D eigenvalue weighted by molar-refractivity contribution is 5.92. The molecule has 0 aliphatic rings. The number of aryl methyl sites for hydroxylation is 1. The molecule has 7 nitrogen and oxygen atoms in total. The van der Waals surface area contributed by atoms with Gasteiger partial charge in [-0.3, -0.25) is 4.79 Å². The van der Waals surface area contributed by atoms with Crippen LogP contribution in [0.25, 0.3) is 0 Å². The number of hydrogen-bond acceptors (Lipinski definition) is 3. The number of aliphatic carboxylic acids is 1. The molecule has 0 bridgehead atoms. The average molecular weight is 297 g/mol. The second-order valence-electron chi connectivity index (χ2n) is 4.51. The fourth-order valence-electron chi connectivity index (χ4n) is 1.68. The van der Waals surface area contributed by atoms with E-state index in [1.54, 1.807) is 6.92 Å². The molecule has 0 spiro atoms. The zero-order chi connectivity index (χ0) is 16.0. The molecule has 0 heterocycles. The molecule has 0 fully saturated rings. The maximum Gasteiger partial charge on any atom is 0.326 e. The summed E-state index contributed by atoms with van der Waals surface area (Å²) in [5.74, 6) is -2.47. The first-order chi connectivity index (χ1) is 9.77. The molecule has 5 N–H and O–H groups in total. The van der Waals surface area contributed by atoms with E-state index >= 15 is 0 Å². The Morgan fingerprint density at radius 2 is 2.00 bits per heavy atom. The van der Waals surface area contributed by atoms with Gasteiger partial charge in [0.1, 0.15) is 11.9 Å². The molecule has 0 saturated heterocycles. The van der Waals surface area contributed by atoms with Crippen LogP contribution in [-0.2, 0) is 9.59 Å². The summed E-state index contributed by atoms with van der Waals surface area (Å²) in [6.45, 7) is 1.65. The molecule has 1 aromatic rings. The molecule has 0 aliphatic heterocycles. The van der Waals surface area contributed by atoms with Crippen molar-refractivity contribution in [2.45, 2.75) is 25.8 Å². The van der Waals surface area contributed by atoms with Crippen molar-refractivity contribution in [1.29, 1.82) is 0 Å². The molecular formula is C13H16FN3O4. The lowest BCUT2D eigenvalue weighted by Gasteiger charge is -2.14. The Kier molecular flexibility index (Phi) is 5.65. The van der Waals surface area contributed by atoms with E-state index in [1.807, 2.05) is 0 Å². The maximum absolute atomic E-state index is 13.2. The summed E-state index contributed by atoms with van der Waals surface area (Å²) in [5, 5.41) is 13.4. The zero-order valence-electron chi connectivity index (χ0n) is 11.4. The number of carboxylic acids is 1. The SMILES string of the molecule is Cc1cc(F)cc(NC(=O)N[C@H](CCC(N)=O)C(=O)O)c1. The van der Waals surface area contributed by atoms with Crippen molar-refractivity contribution < 1.29 is 23.9 Å². The van der Waals surface area contributed by atoms with Gasteiger partial charge in [-0.15, -0.1) is 0 Å². The third kappa shape index (κ3) is 5.89. The van der Waals surface area contributed by atoms with Crippen LogP contribution in [0.2, 0.25) is 0 Å². The largest absolute Gasteiger partial charge is 0.480 e. The highest BCUT2D eigenvalue weighted by Crippen LogP contribution is 2.13. The van der Waals surface area contributed by atoms with E-state index in [-0.39, 0.29) is 18.5 Å². The van der Waals surface area contributed by atoms with E-state index in [9.17, 15) is 18.8 Å². The van der Waals surface area contributed by atoms with Gasteiger partial charge in [-0.2, -0.15) is 0 Å². The number of primary amides is 1. The van der Waals surface area contributed by atoms with Crippen molar-refractivity contribution in [2.24, 2.45) is 5.73 Å². The van der Waals surface area contributed by atoms with Crippen molar-refractivity contribution >= 4 is 23.6 Å². The number of anilines is 1. The number of nitrogens with two attached hydrogens (primary N) is 1. The Labute approximate surface area is 120 Å². The van der Waals surface area contributed by atoms with Gasteiger partial charge >= 0.3 is 12.0 Å². The van der Waals surface area contributed by atoms with Crippen LogP contribution >= 0.6 is 0 Å². The van der Waals surface area contributed by atoms with Gasteiger partial charge in [-0.1, -0.05) is 0 Å². The fraction of sp³-hybridized carbons (Fsp3) is 0.308. The number of amides is 3. The van der Waals surface area contributed by atoms with Gasteiger partial charge in [-0.25, -0.2) is 14.0 Å².